The summed E-state index contributed by atoms with van der Waals surface area (Å²) >= 11 is 0. The van der Waals surface area contributed by atoms with Crippen molar-refractivity contribution in [1.82, 2.24) is 4.90 Å². The molecule has 2 bridgehead atoms. The number of halogens is 2. The second-order valence-corrected chi connectivity index (χ2v) is 5.49. The quantitative estimate of drug-likeness (QED) is 0.870. The molecule has 0 spiro atoms. The molecule has 2 aliphatic rings. The third-order valence-corrected chi connectivity index (χ3v) is 4.39. The third kappa shape index (κ3) is 2.09. The zero-order chi connectivity index (χ0) is 12.7. The van der Waals surface area contributed by atoms with Crippen LogP contribution in [0.2, 0.25) is 0 Å². The molecule has 0 saturated carbocycles. The molecule has 2 unspecified atom stereocenters. The standard InChI is InChI=1S/C14H18F2N2/c1-18-11-3-4-12(18)8-10(7-11)17-14-6-9(15)2-5-13(14)16/h2,5-6,10-12,17H,3-4,7-8H2,1H3. The Labute approximate surface area is 106 Å². The summed E-state index contributed by atoms with van der Waals surface area (Å²) in [6, 6.07) is 5.03. The van der Waals surface area contributed by atoms with E-state index in [9.17, 15) is 8.78 Å². The predicted molar refractivity (Wildman–Crippen MR) is 67.6 cm³/mol. The first kappa shape index (κ1) is 11.9. The molecule has 2 fully saturated rings. The average Bonchev–Trinajstić information content (AvgIpc) is 2.58. The molecule has 2 heterocycles. The molecule has 3 rings (SSSR count). The van der Waals surface area contributed by atoms with Gasteiger partial charge >= 0.3 is 0 Å². The lowest BCUT2D eigenvalue weighted by atomic mass is 9.97. The van der Waals surface area contributed by atoms with Crippen LogP contribution in [-0.2, 0) is 0 Å². The van der Waals surface area contributed by atoms with Gasteiger partial charge in [0.2, 0.25) is 0 Å². The minimum Gasteiger partial charge on any atom is -0.380 e. The van der Waals surface area contributed by atoms with E-state index in [-0.39, 0.29) is 11.9 Å². The number of nitrogens with zero attached hydrogens (tertiary/aromatic N) is 1. The highest BCUT2D eigenvalue weighted by molar-refractivity contribution is 5.46. The van der Waals surface area contributed by atoms with Gasteiger partial charge in [0, 0.05) is 18.1 Å². The van der Waals surface area contributed by atoms with Crippen LogP contribution in [0.1, 0.15) is 25.7 Å². The van der Waals surface area contributed by atoms with Gasteiger partial charge in [0.15, 0.2) is 0 Å². The highest BCUT2D eigenvalue weighted by atomic mass is 19.1. The van der Waals surface area contributed by atoms with Gasteiger partial charge in [-0.15, -0.1) is 0 Å². The van der Waals surface area contributed by atoms with Gasteiger partial charge < -0.3 is 10.2 Å². The Bertz CT molecular complexity index is 435. The minimum atomic E-state index is -0.394. The molecule has 2 saturated heterocycles. The molecule has 1 aromatic rings. The van der Waals surface area contributed by atoms with E-state index in [2.05, 4.69) is 17.3 Å². The first-order chi connectivity index (χ1) is 8.63. The fourth-order valence-electron chi connectivity index (χ4n) is 3.36. The van der Waals surface area contributed by atoms with E-state index in [1.807, 2.05) is 0 Å². The number of anilines is 1. The molecule has 1 aromatic carbocycles. The van der Waals surface area contributed by atoms with E-state index in [1.54, 1.807) is 0 Å². The predicted octanol–water partition coefficient (Wildman–Crippen LogP) is 3.00. The van der Waals surface area contributed by atoms with Gasteiger partial charge in [-0.1, -0.05) is 0 Å². The van der Waals surface area contributed by atoms with Crippen LogP contribution in [-0.4, -0.2) is 30.1 Å². The van der Waals surface area contributed by atoms with Gasteiger partial charge in [0.05, 0.1) is 5.69 Å². The Morgan fingerprint density at radius 1 is 1.17 bits per heavy atom. The zero-order valence-electron chi connectivity index (χ0n) is 10.5. The van der Waals surface area contributed by atoms with Crippen LogP contribution in [0.25, 0.3) is 0 Å². The zero-order valence-corrected chi connectivity index (χ0v) is 10.5. The largest absolute Gasteiger partial charge is 0.380 e. The normalized spacial score (nSPS) is 31.6. The van der Waals surface area contributed by atoms with Crippen LogP contribution in [0.3, 0.4) is 0 Å². The molecule has 0 aromatic heterocycles. The fourth-order valence-corrected chi connectivity index (χ4v) is 3.36. The van der Waals surface area contributed by atoms with E-state index in [4.69, 9.17) is 0 Å². The Hall–Kier alpha value is -1.16. The molecule has 2 nitrogen and oxygen atoms in total. The maximum atomic E-state index is 13.6. The molecule has 98 valence electrons. The van der Waals surface area contributed by atoms with Crippen molar-refractivity contribution in [3.63, 3.8) is 0 Å². The fraction of sp³-hybridized carbons (Fsp3) is 0.571. The van der Waals surface area contributed by atoms with E-state index in [1.165, 1.54) is 25.0 Å². The molecule has 0 amide bonds. The summed E-state index contributed by atoms with van der Waals surface area (Å²) in [5.41, 5.74) is 0.295. The van der Waals surface area contributed by atoms with Crippen molar-refractivity contribution < 1.29 is 8.78 Å². The lowest BCUT2D eigenvalue weighted by molar-refractivity contribution is 0.168. The van der Waals surface area contributed by atoms with E-state index in [0.717, 1.165) is 18.9 Å². The molecular weight excluding hydrogens is 234 g/mol. The first-order valence-corrected chi connectivity index (χ1v) is 6.57. The van der Waals surface area contributed by atoms with Crippen LogP contribution >= 0.6 is 0 Å². The van der Waals surface area contributed by atoms with Crippen molar-refractivity contribution in [2.45, 2.75) is 43.8 Å². The summed E-state index contributed by atoms with van der Waals surface area (Å²) in [4.78, 5) is 2.43. The van der Waals surface area contributed by atoms with E-state index < -0.39 is 5.82 Å². The molecule has 4 heteroatoms. The Morgan fingerprint density at radius 3 is 2.50 bits per heavy atom. The van der Waals surface area contributed by atoms with Crippen LogP contribution < -0.4 is 5.32 Å². The molecule has 0 radical (unpaired) electrons. The molecule has 1 N–H and O–H groups in total. The topological polar surface area (TPSA) is 15.3 Å². The number of fused-ring (bicyclic) bond motifs is 2. The van der Waals surface area contributed by atoms with Crippen LogP contribution in [0.4, 0.5) is 14.5 Å². The lowest BCUT2D eigenvalue weighted by Crippen LogP contribution is -2.44. The van der Waals surface area contributed by atoms with Crippen molar-refractivity contribution in [1.29, 1.82) is 0 Å². The highest BCUT2D eigenvalue weighted by Crippen LogP contribution is 2.35. The average molecular weight is 252 g/mol. The molecule has 2 atom stereocenters. The van der Waals surface area contributed by atoms with Gasteiger partial charge in [-0.25, -0.2) is 8.78 Å². The third-order valence-electron chi connectivity index (χ3n) is 4.39. The monoisotopic (exact) mass is 252 g/mol. The van der Waals surface area contributed by atoms with E-state index >= 15 is 0 Å². The molecule has 18 heavy (non-hydrogen) atoms. The Kier molecular flexibility index (Phi) is 2.98. The Balaban J connectivity index is 1.72. The molecule has 2 aliphatic heterocycles. The van der Waals surface area contributed by atoms with Gasteiger partial charge in [-0.2, -0.15) is 0 Å². The highest BCUT2D eigenvalue weighted by Gasteiger charge is 2.38. The summed E-state index contributed by atoms with van der Waals surface area (Å²) in [6.07, 6.45) is 4.49. The smallest absolute Gasteiger partial charge is 0.146 e. The van der Waals surface area contributed by atoms with Crippen LogP contribution in [0.15, 0.2) is 18.2 Å². The number of hydrogen-bond donors (Lipinski definition) is 1. The summed E-state index contributed by atoms with van der Waals surface area (Å²) in [6.45, 7) is 0. The summed E-state index contributed by atoms with van der Waals surface area (Å²) in [5.74, 6) is -0.766. The van der Waals surface area contributed by atoms with Crippen molar-refractivity contribution in [3.8, 4) is 0 Å². The van der Waals surface area contributed by atoms with Gasteiger partial charge in [-0.3, -0.25) is 0 Å². The number of hydrogen-bond acceptors (Lipinski definition) is 2. The number of piperidine rings is 1. The maximum absolute atomic E-state index is 13.6. The van der Waals surface area contributed by atoms with Crippen LogP contribution in [0.5, 0.6) is 0 Å². The van der Waals surface area contributed by atoms with Gasteiger partial charge in [0.25, 0.3) is 0 Å². The van der Waals surface area contributed by atoms with Gasteiger partial charge in [-0.05, 0) is 50.9 Å². The number of benzene rings is 1. The molecule has 0 aliphatic carbocycles. The first-order valence-electron chi connectivity index (χ1n) is 6.57. The summed E-state index contributed by atoms with van der Waals surface area (Å²) in [7, 11) is 2.17. The second-order valence-electron chi connectivity index (χ2n) is 5.49. The maximum Gasteiger partial charge on any atom is 0.146 e. The van der Waals surface area contributed by atoms with E-state index in [0.29, 0.717) is 17.8 Å². The SMILES string of the molecule is CN1C2CCC1CC(Nc1cc(F)ccc1F)C2. The van der Waals surface area contributed by atoms with Crippen molar-refractivity contribution in [2.24, 2.45) is 0 Å². The number of rotatable bonds is 2. The Morgan fingerprint density at radius 2 is 1.83 bits per heavy atom. The molecular formula is C14H18F2N2. The lowest BCUT2D eigenvalue weighted by Gasteiger charge is -2.37. The second kappa shape index (κ2) is 4.50. The van der Waals surface area contributed by atoms with Crippen molar-refractivity contribution >= 4 is 5.69 Å². The van der Waals surface area contributed by atoms with Gasteiger partial charge in [0.1, 0.15) is 11.6 Å². The minimum absolute atomic E-state index is 0.259. The van der Waals surface area contributed by atoms with Crippen molar-refractivity contribution in [3.05, 3.63) is 29.8 Å². The number of nitrogens with one attached hydrogen (secondary N) is 1. The summed E-state index contributed by atoms with van der Waals surface area (Å²) in [5, 5.41) is 3.17. The van der Waals surface area contributed by atoms with Crippen molar-refractivity contribution in [2.75, 3.05) is 12.4 Å². The van der Waals surface area contributed by atoms with Crippen LogP contribution in [0, 0.1) is 11.6 Å². The summed E-state index contributed by atoms with van der Waals surface area (Å²) < 4.78 is 26.7.